The van der Waals surface area contributed by atoms with Crippen LogP contribution in [-0.4, -0.2) is 17.5 Å². The van der Waals surface area contributed by atoms with E-state index in [-0.39, 0.29) is 12.5 Å². The second-order valence-electron chi connectivity index (χ2n) is 7.09. The third-order valence-electron chi connectivity index (χ3n) is 4.48. The van der Waals surface area contributed by atoms with Gasteiger partial charge in [-0.25, -0.2) is 4.98 Å². The summed E-state index contributed by atoms with van der Waals surface area (Å²) in [6.07, 6.45) is 0. The molecule has 0 unspecified atom stereocenters. The van der Waals surface area contributed by atoms with Gasteiger partial charge in [0.2, 0.25) is 0 Å². The lowest BCUT2D eigenvalue weighted by molar-refractivity contribution is -0.118. The average molecular weight is 419 g/mol. The normalized spacial score (nSPS) is 10.9. The Morgan fingerprint density at radius 1 is 1.00 bits per heavy atom. The van der Waals surface area contributed by atoms with Gasteiger partial charge in [0.1, 0.15) is 17.2 Å². The second-order valence-corrected chi connectivity index (χ2v) is 8.12. The molecule has 1 N–H and O–H groups in total. The first-order valence-corrected chi connectivity index (χ1v) is 10.6. The first kappa shape index (κ1) is 19.9. The number of hydrogen-bond acceptors (Lipinski definition) is 5. The molecule has 0 radical (unpaired) electrons. The van der Waals surface area contributed by atoms with Gasteiger partial charge in [0.05, 0.1) is 10.2 Å². The van der Waals surface area contributed by atoms with Crippen molar-refractivity contribution in [1.82, 2.24) is 4.98 Å². The SMILES string of the molecule is CC(C)c1ccccc1OCC(=O)Nc1nc2ccc(Oc3ccccc3)cc2s1. The number of nitrogens with zero attached hydrogens (tertiary/aromatic N) is 1. The predicted octanol–water partition coefficient (Wildman–Crippen LogP) is 6.23. The lowest BCUT2D eigenvalue weighted by atomic mass is 10.0. The van der Waals surface area contributed by atoms with E-state index in [0.717, 1.165) is 33.0 Å². The molecule has 0 saturated carbocycles. The quantitative estimate of drug-likeness (QED) is 0.386. The maximum atomic E-state index is 12.4. The summed E-state index contributed by atoms with van der Waals surface area (Å²) in [5.74, 6) is 2.31. The standard InChI is InChI=1S/C24H22N2O3S/c1-16(2)19-10-6-7-11-21(19)28-15-23(27)26-24-25-20-13-12-18(14-22(20)30-24)29-17-8-4-3-5-9-17/h3-14,16H,15H2,1-2H3,(H,25,26,27). The summed E-state index contributed by atoms with van der Waals surface area (Å²) in [7, 11) is 0. The van der Waals surface area contributed by atoms with Crippen molar-refractivity contribution in [3.05, 3.63) is 78.4 Å². The third-order valence-corrected chi connectivity index (χ3v) is 5.42. The number of anilines is 1. The molecule has 0 atom stereocenters. The van der Waals surface area contributed by atoms with E-state index in [4.69, 9.17) is 9.47 Å². The first-order valence-electron chi connectivity index (χ1n) is 9.73. The molecule has 1 aromatic heterocycles. The van der Waals surface area contributed by atoms with Crippen LogP contribution in [0.25, 0.3) is 10.2 Å². The molecule has 4 aromatic rings. The van der Waals surface area contributed by atoms with E-state index < -0.39 is 0 Å². The van der Waals surface area contributed by atoms with E-state index >= 15 is 0 Å². The minimum atomic E-state index is -0.242. The minimum absolute atomic E-state index is 0.0674. The lowest BCUT2D eigenvalue weighted by Crippen LogP contribution is -2.20. The zero-order valence-electron chi connectivity index (χ0n) is 16.8. The van der Waals surface area contributed by atoms with Gasteiger partial charge in [0.25, 0.3) is 5.91 Å². The topological polar surface area (TPSA) is 60.5 Å². The molecule has 6 heteroatoms. The van der Waals surface area contributed by atoms with Gasteiger partial charge >= 0.3 is 0 Å². The van der Waals surface area contributed by atoms with E-state index in [1.165, 1.54) is 11.3 Å². The molecule has 0 aliphatic heterocycles. The van der Waals surface area contributed by atoms with Crippen LogP contribution in [0, 0.1) is 0 Å². The minimum Gasteiger partial charge on any atom is -0.483 e. The fourth-order valence-electron chi connectivity index (χ4n) is 3.03. The molecule has 5 nitrogen and oxygen atoms in total. The van der Waals surface area contributed by atoms with Gasteiger partial charge in [0, 0.05) is 6.07 Å². The molecule has 1 amide bonds. The van der Waals surface area contributed by atoms with Gasteiger partial charge in [0.15, 0.2) is 11.7 Å². The number of fused-ring (bicyclic) bond motifs is 1. The van der Waals surface area contributed by atoms with E-state index in [9.17, 15) is 4.79 Å². The molecule has 30 heavy (non-hydrogen) atoms. The van der Waals surface area contributed by atoms with Crippen LogP contribution in [0.4, 0.5) is 5.13 Å². The molecule has 0 aliphatic rings. The lowest BCUT2D eigenvalue weighted by Gasteiger charge is -2.13. The summed E-state index contributed by atoms with van der Waals surface area (Å²) >= 11 is 1.40. The maximum Gasteiger partial charge on any atom is 0.264 e. The smallest absolute Gasteiger partial charge is 0.264 e. The zero-order valence-corrected chi connectivity index (χ0v) is 17.6. The maximum absolute atomic E-state index is 12.4. The Hall–Kier alpha value is -3.38. The first-order chi connectivity index (χ1) is 14.6. The molecule has 0 spiro atoms. The Labute approximate surface area is 179 Å². The Balaban J connectivity index is 1.41. The molecule has 0 saturated heterocycles. The monoisotopic (exact) mass is 418 g/mol. The highest BCUT2D eigenvalue weighted by Crippen LogP contribution is 2.31. The summed E-state index contributed by atoms with van der Waals surface area (Å²) in [6, 6.07) is 23.0. The fraction of sp³-hybridized carbons (Fsp3) is 0.167. The van der Waals surface area contributed by atoms with Crippen molar-refractivity contribution in [2.75, 3.05) is 11.9 Å². The van der Waals surface area contributed by atoms with Crippen LogP contribution in [0.15, 0.2) is 72.8 Å². The van der Waals surface area contributed by atoms with Crippen molar-refractivity contribution in [2.24, 2.45) is 0 Å². The molecule has 3 aromatic carbocycles. The summed E-state index contributed by atoms with van der Waals surface area (Å²) in [6.45, 7) is 4.13. The molecule has 152 valence electrons. The number of nitrogens with one attached hydrogen (secondary N) is 1. The zero-order chi connectivity index (χ0) is 20.9. The van der Waals surface area contributed by atoms with Crippen LogP contribution in [0.2, 0.25) is 0 Å². The van der Waals surface area contributed by atoms with Crippen molar-refractivity contribution in [3.63, 3.8) is 0 Å². The van der Waals surface area contributed by atoms with Crippen LogP contribution in [0.3, 0.4) is 0 Å². The molecular formula is C24H22N2O3S. The van der Waals surface area contributed by atoms with Crippen LogP contribution < -0.4 is 14.8 Å². The second kappa shape index (κ2) is 8.97. The van der Waals surface area contributed by atoms with Gasteiger partial charge in [-0.3, -0.25) is 10.1 Å². The van der Waals surface area contributed by atoms with E-state index in [0.29, 0.717) is 11.0 Å². The largest absolute Gasteiger partial charge is 0.483 e. The van der Waals surface area contributed by atoms with E-state index in [1.807, 2.05) is 72.8 Å². The molecular weight excluding hydrogens is 396 g/mol. The Bertz CT molecular complexity index is 1160. The van der Waals surface area contributed by atoms with Crippen LogP contribution >= 0.6 is 11.3 Å². The van der Waals surface area contributed by atoms with Crippen molar-refractivity contribution in [1.29, 1.82) is 0 Å². The average Bonchev–Trinajstić information content (AvgIpc) is 3.14. The number of hydrogen-bond donors (Lipinski definition) is 1. The molecule has 0 fully saturated rings. The fourth-order valence-corrected chi connectivity index (χ4v) is 3.94. The van der Waals surface area contributed by atoms with Crippen molar-refractivity contribution in [2.45, 2.75) is 19.8 Å². The summed E-state index contributed by atoms with van der Waals surface area (Å²) in [5, 5.41) is 3.36. The molecule has 4 rings (SSSR count). The van der Waals surface area contributed by atoms with Crippen LogP contribution in [0.5, 0.6) is 17.2 Å². The predicted molar refractivity (Wildman–Crippen MR) is 121 cm³/mol. The van der Waals surface area contributed by atoms with Gasteiger partial charge in [-0.2, -0.15) is 0 Å². The van der Waals surface area contributed by atoms with E-state index in [2.05, 4.69) is 24.1 Å². The highest BCUT2D eigenvalue weighted by atomic mass is 32.1. The summed E-state index contributed by atoms with van der Waals surface area (Å²) in [5.41, 5.74) is 1.89. The Morgan fingerprint density at radius 3 is 2.57 bits per heavy atom. The number of benzene rings is 3. The number of rotatable bonds is 7. The van der Waals surface area contributed by atoms with Crippen molar-refractivity contribution >= 4 is 32.6 Å². The molecule has 1 heterocycles. The number of amides is 1. The van der Waals surface area contributed by atoms with Crippen LogP contribution in [0.1, 0.15) is 25.3 Å². The third kappa shape index (κ3) is 4.78. The number of ether oxygens (including phenoxy) is 2. The van der Waals surface area contributed by atoms with Gasteiger partial charge in [-0.05, 0) is 41.8 Å². The summed E-state index contributed by atoms with van der Waals surface area (Å²) < 4.78 is 12.5. The number of aromatic nitrogens is 1. The van der Waals surface area contributed by atoms with Gasteiger partial charge in [-0.15, -0.1) is 0 Å². The van der Waals surface area contributed by atoms with Gasteiger partial charge < -0.3 is 9.47 Å². The number of thiazole rings is 1. The highest BCUT2D eigenvalue weighted by Gasteiger charge is 2.12. The number of carbonyl (C=O) groups is 1. The van der Waals surface area contributed by atoms with Crippen molar-refractivity contribution < 1.29 is 14.3 Å². The number of carbonyl (C=O) groups excluding carboxylic acids is 1. The van der Waals surface area contributed by atoms with Crippen molar-refractivity contribution in [3.8, 4) is 17.2 Å². The highest BCUT2D eigenvalue weighted by molar-refractivity contribution is 7.22. The van der Waals surface area contributed by atoms with E-state index in [1.54, 1.807) is 0 Å². The Morgan fingerprint density at radius 2 is 1.77 bits per heavy atom. The summed E-state index contributed by atoms with van der Waals surface area (Å²) in [4.78, 5) is 16.8. The molecule has 0 bridgehead atoms. The number of para-hydroxylation sites is 2. The molecule has 0 aliphatic carbocycles. The van der Waals surface area contributed by atoms with Crippen LogP contribution in [-0.2, 0) is 4.79 Å². The Kier molecular flexibility index (Phi) is 5.95. The van der Waals surface area contributed by atoms with Gasteiger partial charge in [-0.1, -0.05) is 61.6 Å².